The van der Waals surface area contributed by atoms with E-state index in [1.54, 1.807) is 11.8 Å². The second-order valence-corrected chi connectivity index (χ2v) is 4.28. The number of thioether (sulfide) groups is 1. The molecular formula is C9H9ClOS. The highest BCUT2D eigenvalue weighted by atomic mass is 35.5. The van der Waals surface area contributed by atoms with Gasteiger partial charge in [-0.15, -0.1) is 0 Å². The Labute approximate surface area is 80.7 Å². The van der Waals surface area contributed by atoms with Crippen LogP contribution in [0.1, 0.15) is 17.2 Å². The third kappa shape index (κ3) is 1.35. The van der Waals surface area contributed by atoms with Gasteiger partial charge in [0, 0.05) is 16.5 Å². The average molecular weight is 201 g/mol. The fourth-order valence-electron chi connectivity index (χ4n) is 1.40. The van der Waals surface area contributed by atoms with Gasteiger partial charge >= 0.3 is 0 Å². The van der Waals surface area contributed by atoms with Gasteiger partial charge in [0.15, 0.2) is 0 Å². The number of hydrogen-bond donors (Lipinski definition) is 1. The molecule has 1 aliphatic rings. The lowest BCUT2D eigenvalue weighted by atomic mass is 10.0. The Bertz CT molecular complexity index is 301. The van der Waals surface area contributed by atoms with Gasteiger partial charge in [0.1, 0.15) is 0 Å². The zero-order chi connectivity index (χ0) is 8.55. The molecule has 0 radical (unpaired) electrons. The number of hydrogen-bond acceptors (Lipinski definition) is 2. The minimum absolute atomic E-state index is 0.336. The molecule has 1 atom stereocenters. The molecule has 0 fully saturated rings. The van der Waals surface area contributed by atoms with Crippen LogP contribution in [0, 0.1) is 0 Å². The maximum atomic E-state index is 9.61. The normalized spacial score (nSPS) is 22.0. The molecule has 0 amide bonds. The van der Waals surface area contributed by atoms with Crippen molar-refractivity contribution in [3.8, 4) is 0 Å². The Hall–Kier alpha value is -0.180. The summed E-state index contributed by atoms with van der Waals surface area (Å²) in [7, 11) is 0. The molecule has 1 N–H and O–H groups in total. The summed E-state index contributed by atoms with van der Waals surface area (Å²) in [5.74, 6) is 1.71. The Morgan fingerprint density at radius 2 is 2.33 bits per heavy atom. The van der Waals surface area contributed by atoms with Crippen LogP contribution in [0.5, 0.6) is 0 Å². The highest BCUT2D eigenvalue weighted by Gasteiger charge is 2.19. The summed E-state index contributed by atoms with van der Waals surface area (Å²) in [6.07, 6.45) is -0.336. The zero-order valence-electron chi connectivity index (χ0n) is 6.46. The van der Waals surface area contributed by atoms with Crippen molar-refractivity contribution >= 4 is 23.4 Å². The van der Waals surface area contributed by atoms with Crippen molar-refractivity contribution in [2.75, 3.05) is 5.75 Å². The maximum absolute atomic E-state index is 9.61. The first-order valence-electron chi connectivity index (χ1n) is 3.82. The van der Waals surface area contributed by atoms with Gasteiger partial charge in [-0.1, -0.05) is 23.7 Å². The molecule has 0 saturated heterocycles. The number of aliphatic hydroxyl groups is 1. The molecule has 0 unspecified atom stereocenters. The van der Waals surface area contributed by atoms with Gasteiger partial charge in [-0.25, -0.2) is 0 Å². The van der Waals surface area contributed by atoms with Gasteiger partial charge in [0.05, 0.1) is 6.10 Å². The van der Waals surface area contributed by atoms with Gasteiger partial charge in [0.25, 0.3) is 0 Å². The van der Waals surface area contributed by atoms with Crippen LogP contribution in [0.3, 0.4) is 0 Å². The van der Waals surface area contributed by atoms with Crippen LogP contribution in [0.4, 0.5) is 0 Å². The maximum Gasteiger partial charge on any atom is 0.0884 e. The van der Waals surface area contributed by atoms with Crippen molar-refractivity contribution in [1.29, 1.82) is 0 Å². The summed E-state index contributed by atoms with van der Waals surface area (Å²) in [6, 6.07) is 5.71. The summed E-state index contributed by atoms with van der Waals surface area (Å²) in [5.41, 5.74) is 2.10. The third-order valence-electron chi connectivity index (χ3n) is 2.04. The predicted octanol–water partition coefficient (Wildman–Crippen LogP) is 2.62. The lowest BCUT2D eigenvalue weighted by Crippen LogP contribution is -2.09. The number of benzene rings is 1. The van der Waals surface area contributed by atoms with Crippen LogP contribution in [0.25, 0.3) is 0 Å². The van der Waals surface area contributed by atoms with Gasteiger partial charge in [-0.05, 0) is 17.2 Å². The van der Waals surface area contributed by atoms with Crippen LogP contribution < -0.4 is 0 Å². The van der Waals surface area contributed by atoms with Crippen molar-refractivity contribution in [2.45, 2.75) is 11.9 Å². The summed E-state index contributed by atoms with van der Waals surface area (Å²) >= 11 is 7.71. The third-order valence-corrected chi connectivity index (χ3v) is 3.43. The molecule has 64 valence electrons. The van der Waals surface area contributed by atoms with E-state index < -0.39 is 0 Å². The largest absolute Gasteiger partial charge is 0.388 e. The fraction of sp³-hybridized carbons (Fsp3) is 0.333. The van der Waals surface area contributed by atoms with E-state index in [4.69, 9.17) is 11.6 Å². The van der Waals surface area contributed by atoms with E-state index in [-0.39, 0.29) is 6.10 Å². The van der Waals surface area contributed by atoms with Crippen LogP contribution in [-0.2, 0) is 5.75 Å². The SMILES string of the molecule is O[C@@H]1CSCc2c(Cl)cccc21. The number of aliphatic hydroxyl groups excluding tert-OH is 1. The number of fused-ring (bicyclic) bond motifs is 1. The van der Waals surface area contributed by atoms with Crippen LogP contribution >= 0.6 is 23.4 Å². The van der Waals surface area contributed by atoms with E-state index in [1.165, 1.54) is 0 Å². The minimum atomic E-state index is -0.336. The molecule has 2 rings (SSSR count). The first kappa shape index (κ1) is 8.42. The van der Waals surface area contributed by atoms with Crippen LogP contribution in [0.15, 0.2) is 18.2 Å². The van der Waals surface area contributed by atoms with Crippen molar-refractivity contribution in [2.24, 2.45) is 0 Å². The predicted molar refractivity (Wildman–Crippen MR) is 52.6 cm³/mol. The molecule has 1 aromatic rings. The molecule has 1 nitrogen and oxygen atoms in total. The number of halogens is 1. The second kappa shape index (κ2) is 3.29. The minimum Gasteiger partial charge on any atom is -0.388 e. The van der Waals surface area contributed by atoms with Gasteiger partial charge in [-0.3, -0.25) is 0 Å². The fourth-order valence-corrected chi connectivity index (χ4v) is 2.78. The van der Waals surface area contributed by atoms with E-state index in [2.05, 4.69) is 0 Å². The summed E-state index contributed by atoms with van der Waals surface area (Å²) in [6.45, 7) is 0. The molecule has 0 saturated carbocycles. The molecule has 0 aromatic heterocycles. The molecule has 1 aliphatic heterocycles. The lowest BCUT2D eigenvalue weighted by Gasteiger charge is -2.21. The molecule has 0 bridgehead atoms. The van der Waals surface area contributed by atoms with E-state index in [9.17, 15) is 5.11 Å². The second-order valence-electron chi connectivity index (χ2n) is 2.84. The van der Waals surface area contributed by atoms with Gasteiger partial charge < -0.3 is 5.11 Å². The highest BCUT2D eigenvalue weighted by molar-refractivity contribution is 7.98. The smallest absolute Gasteiger partial charge is 0.0884 e. The van der Waals surface area contributed by atoms with Crippen molar-refractivity contribution in [1.82, 2.24) is 0 Å². The Morgan fingerprint density at radius 1 is 1.50 bits per heavy atom. The van der Waals surface area contributed by atoms with Crippen LogP contribution in [-0.4, -0.2) is 10.9 Å². The standard InChI is InChI=1S/C9H9ClOS/c10-8-3-1-2-6-7(8)4-12-5-9(6)11/h1-3,9,11H,4-5H2/t9-/m1/s1. The van der Waals surface area contributed by atoms with Crippen LogP contribution in [0.2, 0.25) is 5.02 Å². The number of rotatable bonds is 0. The Balaban J connectivity index is 2.52. The molecule has 0 aliphatic carbocycles. The zero-order valence-corrected chi connectivity index (χ0v) is 8.03. The molecule has 3 heteroatoms. The first-order chi connectivity index (χ1) is 5.79. The van der Waals surface area contributed by atoms with Gasteiger partial charge in [0.2, 0.25) is 0 Å². The monoisotopic (exact) mass is 200 g/mol. The first-order valence-corrected chi connectivity index (χ1v) is 5.35. The molecule has 0 spiro atoms. The molecule has 1 aromatic carbocycles. The quantitative estimate of drug-likeness (QED) is 0.695. The highest BCUT2D eigenvalue weighted by Crippen LogP contribution is 2.35. The molecule has 12 heavy (non-hydrogen) atoms. The van der Waals surface area contributed by atoms with E-state index >= 15 is 0 Å². The van der Waals surface area contributed by atoms with Crippen molar-refractivity contribution < 1.29 is 5.11 Å². The molecular weight excluding hydrogens is 192 g/mol. The van der Waals surface area contributed by atoms with Crippen molar-refractivity contribution in [3.63, 3.8) is 0 Å². The summed E-state index contributed by atoms with van der Waals surface area (Å²) in [5, 5.41) is 10.4. The average Bonchev–Trinajstić information content (AvgIpc) is 2.07. The van der Waals surface area contributed by atoms with Crippen molar-refractivity contribution in [3.05, 3.63) is 34.3 Å². The summed E-state index contributed by atoms with van der Waals surface area (Å²) in [4.78, 5) is 0. The van der Waals surface area contributed by atoms with E-state index in [0.29, 0.717) is 0 Å². The Morgan fingerprint density at radius 3 is 3.08 bits per heavy atom. The topological polar surface area (TPSA) is 20.2 Å². The van der Waals surface area contributed by atoms with Gasteiger partial charge in [-0.2, -0.15) is 11.8 Å². The Kier molecular flexibility index (Phi) is 2.31. The summed E-state index contributed by atoms with van der Waals surface area (Å²) < 4.78 is 0. The lowest BCUT2D eigenvalue weighted by molar-refractivity contribution is 0.202. The van der Waals surface area contributed by atoms with E-state index in [0.717, 1.165) is 27.7 Å². The molecule has 1 heterocycles. The van der Waals surface area contributed by atoms with E-state index in [1.807, 2.05) is 18.2 Å².